The summed E-state index contributed by atoms with van der Waals surface area (Å²) >= 11 is 5.68. The number of nitrogens with zero attached hydrogens (tertiary/aromatic N) is 2. The van der Waals surface area contributed by atoms with Crippen LogP contribution in [0, 0.1) is 5.92 Å². The number of anilines is 1. The van der Waals surface area contributed by atoms with Crippen LogP contribution in [0.1, 0.15) is 18.5 Å². The quantitative estimate of drug-likeness (QED) is 0.769. The van der Waals surface area contributed by atoms with Gasteiger partial charge in [-0.2, -0.15) is 13.2 Å². The maximum atomic E-state index is 12.7. The topological polar surface area (TPSA) is 16.1 Å². The van der Waals surface area contributed by atoms with Crippen LogP contribution in [0.3, 0.4) is 0 Å². The molecule has 0 N–H and O–H groups in total. The monoisotopic (exact) mass is 278 g/mol. The van der Waals surface area contributed by atoms with Crippen LogP contribution in [0.15, 0.2) is 18.3 Å². The van der Waals surface area contributed by atoms with Crippen molar-refractivity contribution < 1.29 is 13.2 Å². The van der Waals surface area contributed by atoms with Crippen LogP contribution >= 0.6 is 11.6 Å². The first-order chi connectivity index (χ1) is 8.50. The fourth-order valence-electron chi connectivity index (χ4n) is 2.21. The zero-order valence-electron chi connectivity index (χ0n) is 9.75. The Bertz CT molecular complexity index is 409. The Morgan fingerprint density at radius 2 is 2.22 bits per heavy atom. The summed E-state index contributed by atoms with van der Waals surface area (Å²) in [6.07, 6.45) is -1.75. The van der Waals surface area contributed by atoms with Gasteiger partial charge in [-0.3, -0.25) is 4.98 Å². The van der Waals surface area contributed by atoms with Crippen molar-refractivity contribution in [2.45, 2.75) is 24.9 Å². The molecule has 0 aromatic carbocycles. The first-order valence-electron chi connectivity index (χ1n) is 5.83. The molecule has 1 unspecified atom stereocenters. The minimum absolute atomic E-state index is 0.0231. The summed E-state index contributed by atoms with van der Waals surface area (Å²) in [4.78, 5) is 5.80. The summed E-state index contributed by atoms with van der Waals surface area (Å²) in [7, 11) is 0. The van der Waals surface area contributed by atoms with E-state index in [4.69, 9.17) is 11.6 Å². The van der Waals surface area contributed by atoms with Crippen LogP contribution in [0.4, 0.5) is 18.9 Å². The molecule has 1 saturated heterocycles. The molecule has 0 spiro atoms. The number of halogens is 4. The Kier molecular flexibility index (Phi) is 4.00. The number of aromatic nitrogens is 1. The van der Waals surface area contributed by atoms with E-state index in [-0.39, 0.29) is 18.8 Å². The minimum Gasteiger partial charge on any atom is -0.371 e. The van der Waals surface area contributed by atoms with Crippen molar-refractivity contribution in [3.63, 3.8) is 0 Å². The standard InChI is InChI=1S/C12H14ClF3N2/c13-7-10-6-11(3-4-17-10)18-5-1-2-9(8-18)12(14,15)16/h3-4,6,9H,1-2,5,7-8H2. The second-order valence-electron chi connectivity index (χ2n) is 4.47. The average Bonchev–Trinajstić information content (AvgIpc) is 2.38. The maximum Gasteiger partial charge on any atom is 0.393 e. The Labute approximate surface area is 109 Å². The highest BCUT2D eigenvalue weighted by Crippen LogP contribution is 2.34. The number of piperidine rings is 1. The van der Waals surface area contributed by atoms with Gasteiger partial charge in [-0.1, -0.05) is 0 Å². The SMILES string of the molecule is FC(F)(F)C1CCCN(c2ccnc(CCl)c2)C1. The van der Waals surface area contributed by atoms with Gasteiger partial charge < -0.3 is 4.90 Å². The molecule has 0 saturated carbocycles. The predicted molar refractivity (Wildman–Crippen MR) is 64.8 cm³/mol. The largest absolute Gasteiger partial charge is 0.393 e. The second-order valence-corrected chi connectivity index (χ2v) is 4.73. The minimum atomic E-state index is -4.11. The first-order valence-corrected chi connectivity index (χ1v) is 6.36. The van der Waals surface area contributed by atoms with Gasteiger partial charge in [0.1, 0.15) is 0 Å². The van der Waals surface area contributed by atoms with E-state index in [0.717, 1.165) is 5.69 Å². The van der Waals surface area contributed by atoms with Crippen molar-refractivity contribution >= 4 is 17.3 Å². The van der Waals surface area contributed by atoms with Crippen molar-refractivity contribution in [1.82, 2.24) is 4.98 Å². The fraction of sp³-hybridized carbons (Fsp3) is 0.583. The Balaban J connectivity index is 2.13. The van der Waals surface area contributed by atoms with Gasteiger partial charge in [-0.25, -0.2) is 0 Å². The maximum absolute atomic E-state index is 12.7. The Morgan fingerprint density at radius 1 is 1.44 bits per heavy atom. The lowest BCUT2D eigenvalue weighted by molar-refractivity contribution is -0.175. The highest BCUT2D eigenvalue weighted by atomic mass is 35.5. The third-order valence-electron chi connectivity index (χ3n) is 3.19. The van der Waals surface area contributed by atoms with Crippen molar-refractivity contribution in [1.29, 1.82) is 0 Å². The molecule has 1 atom stereocenters. The van der Waals surface area contributed by atoms with Crippen LogP contribution in [0.2, 0.25) is 0 Å². The van der Waals surface area contributed by atoms with Gasteiger partial charge in [-0.15, -0.1) is 11.6 Å². The molecule has 0 amide bonds. The first kappa shape index (κ1) is 13.5. The smallest absolute Gasteiger partial charge is 0.371 e. The molecule has 18 heavy (non-hydrogen) atoms. The van der Waals surface area contributed by atoms with Crippen molar-refractivity contribution in [2.24, 2.45) is 5.92 Å². The fourth-order valence-corrected chi connectivity index (χ4v) is 2.36. The van der Waals surface area contributed by atoms with Gasteiger partial charge in [0.2, 0.25) is 0 Å². The number of pyridine rings is 1. The number of alkyl halides is 4. The van der Waals surface area contributed by atoms with E-state index in [1.807, 2.05) is 0 Å². The van der Waals surface area contributed by atoms with Gasteiger partial charge in [-0.05, 0) is 25.0 Å². The Hall–Kier alpha value is -0.970. The molecule has 1 aliphatic rings. The molecule has 2 rings (SSSR count). The van der Waals surface area contributed by atoms with Gasteiger partial charge in [0.15, 0.2) is 0 Å². The molecule has 2 heterocycles. The number of hydrogen-bond acceptors (Lipinski definition) is 2. The van der Waals surface area contributed by atoms with Crippen molar-refractivity contribution in [2.75, 3.05) is 18.0 Å². The normalized spacial score (nSPS) is 21.1. The van der Waals surface area contributed by atoms with E-state index in [2.05, 4.69) is 4.98 Å². The summed E-state index contributed by atoms with van der Waals surface area (Å²) in [5, 5.41) is 0. The third-order valence-corrected chi connectivity index (χ3v) is 3.46. The van der Waals surface area contributed by atoms with Crippen molar-refractivity contribution in [3.05, 3.63) is 24.0 Å². The van der Waals surface area contributed by atoms with Crippen LogP contribution in [-0.2, 0) is 5.88 Å². The molecule has 0 aliphatic carbocycles. The lowest BCUT2D eigenvalue weighted by Crippen LogP contribution is -2.41. The summed E-state index contributed by atoms with van der Waals surface area (Å²) < 4.78 is 38.1. The van der Waals surface area contributed by atoms with E-state index in [1.54, 1.807) is 23.2 Å². The van der Waals surface area contributed by atoms with Gasteiger partial charge in [0.05, 0.1) is 17.5 Å². The predicted octanol–water partition coefficient (Wildman–Crippen LogP) is 3.60. The van der Waals surface area contributed by atoms with Crippen LogP contribution in [-0.4, -0.2) is 24.2 Å². The molecule has 0 radical (unpaired) electrons. The lowest BCUT2D eigenvalue weighted by Gasteiger charge is -2.35. The summed E-state index contributed by atoms with van der Waals surface area (Å²) in [6.45, 7) is 0.674. The molecule has 6 heteroatoms. The average molecular weight is 279 g/mol. The van der Waals surface area contributed by atoms with E-state index < -0.39 is 12.1 Å². The highest BCUT2D eigenvalue weighted by Gasteiger charge is 2.41. The molecule has 1 aromatic heterocycles. The molecular formula is C12H14ClF3N2. The Morgan fingerprint density at radius 3 is 2.89 bits per heavy atom. The number of hydrogen-bond donors (Lipinski definition) is 0. The summed E-state index contributed by atoms with van der Waals surface area (Å²) in [5.74, 6) is -0.969. The van der Waals surface area contributed by atoms with E-state index in [9.17, 15) is 13.2 Å². The van der Waals surface area contributed by atoms with Crippen molar-refractivity contribution in [3.8, 4) is 0 Å². The molecule has 2 nitrogen and oxygen atoms in total. The van der Waals surface area contributed by atoms with Gasteiger partial charge in [0.25, 0.3) is 0 Å². The zero-order valence-corrected chi connectivity index (χ0v) is 10.5. The number of rotatable bonds is 2. The van der Waals surface area contributed by atoms with Crippen LogP contribution < -0.4 is 4.90 Å². The molecule has 1 aromatic rings. The zero-order chi connectivity index (χ0) is 13.2. The molecule has 0 bridgehead atoms. The highest BCUT2D eigenvalue weighted by molar-refractivity contribution is 6.16. The molecule has 100 valence electrons. The van der Waals surface area contributed by atoms with Gasteiger partial charge >= 0.3 is 6.18 Å². The van der Waals surface area contributed by atoms with Gasteiger partial charge in [0, 0.05) is 25.0 Å². The van der Waals surface area contributed by atoms with E-state index >= 15 is 0 Å². The third kappa shape index (κ3) is 3.07. The summed E-state index contributed by atoms with van der Waals surface area (Å²) in [6, 6.07) is 3.49. The second kappa shape index (κ2) is 5.34. The van der Waals surface area contributed by atoms with Crippen LogP contribution in [0.5, 0.6) is 0 Å². The van der Waals surface area contributed by atoms with E-state index in [1.165, 1.54) is 0 Å². The molecule has 1 aliphatic heterocycles. The molecular weight excluding hydrogens is 265 g/mol. The summed E-state index contributed by atoms with van der Waals surface area (Å²) in [5.41, 5.74) is 1.46. The van der Waals surface area contributed by atoms with E-state index in [0.29, 0.717) is 18.7 Å². The molecule has 1 fully saturated rings. The lowest BCUT2D eigenvalue weighted by atomic mass is 9.97. The van der Waals surface area contributed by atoms with Crippen LogP contribution in [0.25, 0.3) is 0 Å².